The van der Waals surface area contributed by atoms with Gasteiger partial charge in [-0.2, -0.15) is 0 Å². The first-order valence-electron chi connectivity index (χ1n) is 6.30. The van der Waals surface area contributed by atoms with Crippen LogP contribution in [0.25, 0.3) is 0 Å². The van der Waals surface area contributed by atoms with Gasteiger partial charge in [0.2, 0.25) is 0 Å². The Hall–Kier alpha value is -1.94. The highest BCUT2D eigenvalue weighted by Gasteiger charge is 2.27. The van der Waals surface area contributed by atoms with Gasteiger partial charge in [-0.15, -0.1) is 0 Å². The lowest BCUT2D eigenvalue weighted by molar-refractivity contribution is -0.0184. The molecule has 6 heteroatoms. The van der Waals surface area contributed by atoms with E-state index in [0.29, 0.717) is 30.9 Å². The lowest BCUT2D eigenvalue weighted by Gasteiger charge is -2.34. The van der Waals surface area contributed by atoms with Crippen LogP contribution in [0.15, 0.2) is 18.5 Å². The number of amides is 1. The summed E-state index contributed by atoms with van der Waals surface area (Å²) in [5.41, 5.74) is 0.980. The van der Waals surface area contributed by atoms with Crippen molar-refractivity contribution < 1.29 is 19.7 Å². The van der Waals surface area contributed by atoms with Crippen LogP contribution in [-0.2, 0) is 4.74 Å². The minimum Gasteiger partial charge on any atom is -0.394 e. The maximum Gasteiger partial charge on any atom is 0.255 e. The summed E-state index contributed by atoms with van der Waals surface area (Å²) in [5, 5.41) is 18.0. The number of rotatable bonds is 2. The van der Waals surface area contributed by atoms with Gasteiger partial charge in [-0.05, 0) is 6.07 Å². The Morgan fingerprint density at radius 3 is 3.10 bits per heavy atom. The van der Waals surface area contributed by atoms with Crippen LogP contribution in [0, 0.1) is 11.8 Å². The molecule has 1 atom stereocenters. The molecule has 1 aliphatic rings. The van der Waals surface area contributed by atoms with Gasteiger partial charge in [-0.25, -0.2) is 0 Å². The number of carbonyl (C=O) groups excluding carboxylic acids is 1. The van der Waals surface area contributed by atoms with E-state index in [9.17, 15) is 9.90 Å². The molecule has 1 aromatic rings. The number of hydrogen-bond acceptors (Lipinski definition) is 5. The third-order valence-electron chi connectivity index (χ3n) is 3.00. The molecule has 6 nitrogen and oxygen atoms in total. The fourth-order valence-electron chi connectivity index (χ4n) is 2.01. The molecule has 20 heavy (non-hydrogen) atoms. The quantitative estimate of drug-likeness (QED) is 0.695. The van der Waals surface area contributed by atoms with Crippen molar-refractivity contribution >= 4 is 5.91 Å². The maximum absolute atomic E-state index is 12.4. The molecule has 106 valence electrons. The van der Waals surface area contributed by atoms with Gasteiger partial charge in [-0.3, -0.25) is 9.78 Å². The van der Waals surface area contributed by atoms with Crippen molar-refractivity contribution in [2.24, 2.45) is 0 Å². The van der Waals surface area contributed by atoms with E-state index < -0.39 is 0 Å². The molecule has 0 spiro atoms. The summed E-state index contributed by atoms with van der Waals surface area (Å²) >= 11 is 0. The minimum atomic E-state index is -0.330. The van der Waals surface area contributed by atoms with Crippen LogP contribution >= 0.6 is 0 Å². The van der Waals surface area contributed by atoms with E-state index in [4.69, 9.17) is 9.84 Å². The smallest absolute Gasteiger partial charge is 0.255 e. The van der Waals surface area contributed by atoms with Crippen LogP contribution in [0.4, 0.5) is 0 Å². The number of aliphatic hydroxyl groups is 2. The van der Waals surface area contributed by atoms with Gasteiger partial charge in [0.25, 0.3) is 5.91 Å². The van der Waals surface area contributed by atoms with Crippen molar-refractivity contribution in [1.82, 2.24) is 9.88 Å². The Balaban J connectivity index is 2.19. The number of ether oxygens (including phenoxy) is 1. The summed E-state index contributed by atoms with van der Waals surface area (Å²) in [5.74, 6) is 5.02. The zero-order chi connectivity index (χ0) is 14.4. The molecule has 0 aliphatic carbocycles. The van der Waals surface area contributed by atoms with Crippen molar-refractivity contribution in [3.8, 4) is 11.8 Å². The second-order valence-corrected chi connectivity index (χ2v) is 4.33. The molecular weight excluding hydrogens is 260 g/mol. The van der Waals surface area contributed by atoms with Crippen molar-refractivity contribution in [1.29, 1.82) is 0 Å². The first-order valence-corrected chi connectivity index (χ1v) is 6.30. The predicted molar refractivity (Wildman–Crippen MR) is 70.9 cm³/mol. The number of aliphatic hydroxyl groups excluding tert-OH is 2. The zero-order valence-corrected chi connectivity index (χ0v) is 11.0. The van der Waals surface area contributed by atoms with E-state index in [0.717, 1.165) is 0 Å². The number of hydrogen-bond donors (Lipinski definition) is 2. The third-order valence-corrected chi connectivity index (χ3v) is 3.00. The van der Waals surface area contributed by atoms with Gasteiger partial charge in [0.1, 0.15) is 6.61 Å². The highest BCUT2D eigenvalue weighted by Crippen LogP contribution is 2.12. The van der Waals surface area contributed by atoms with E-state index in [2.05, 4.69) is 16.8 Å². The summed E-state index contributed by atoms with van der Waals surface area (Å²) in [6.07, 6.45) is 3.00. The number of carbonyl (C=O) groups is 1. The monoisotopic (exact) mass is 276 g/mol. The van der Waals surface area contributed by atoms with Gasteiger partial charge >= 0.3 is 0 Å². The number of morpholine rings is 1. The molecule has 1 saturated heterocycles. The average molecular weight is 276 g/mol. The number of aromatic nitrogens is 1. The summed E-state index contributed by atoms with van der Waals surface area (Å²) in [7, 11) is 0. The molecule has 1 amide bonds. The Morgan fingerprint density at radius 1 is 1.50 bits per heavy atom. The van der Waals surface area contributed by atoms with E-state index in [1.54, 1.807) is 11.0 Å². The van der Waals surface area contributed by atoms with E-state index in [-0.39, 0.29) is 25.2 Å². The highest BCUT2D eigenvalue weighted by molar-refractivity contribution is 5.94. The summed E-state index contributed by atoms with van der Waals surface area (Å²) in [6.45, 7) is 0.855. The summed E-state index contributed by atoms with van der Waals surface area (Å²) < 4.78 is 5.25. The van der Waals surface area contributed by atoms with Crippen molar-refractivity contribution in [2.45, 2.75) is 6.04 Å². The van der Waals surface area contributed by atoms with Gasteiger partial charge in [0, 0.05) is 24.5 Å². The van der Waals surface area contributed by atoms with Gasteiger partial charge < -0.3 is 19.8 Å². The molecule has 0 bridgehead atoms. The molecule has 2 N–H and O–H groups in total. The Labute approximate surface area is 117 Å². The van der Waals surface area contributed by atoms with Gasteiger partial charge in [0.05, 0.1) is 31.4 Å². The van der Waals surface area contributed by atoms with Crippen molar-refractivity contribution in [2.75, 3.05) is 33.0 Å². The van der Waals surface area contributed by atoms with E-state index >= 15 is 0 Å². The molecule has 0 aromatic carbocycles. The molecule has 1 unspecified atom stereocenters. The third kappa shape index (κ3) is 3.33. The summed E-state index contributed by atoms with van der Waals surface area (Å²) in [6, 6.07) is 1.30. The SMILES string of the molecule is O=C(c1cncc(C#CCO)c1)N1CCOCC1CO. The highest BCUT2D eigenvalue weighted by atomic mass is 16.5. The first-order chi connectivity index (χ1) is 9.76. The van der Waals surface area contributed by atoms with Crippen LogP contribution in [0.5, 0.6) is 0 Å². The van der Waals surface area contributed by atoms with E-state index in [1.807, 2.05) is 0 Å². The maximum atomic E-state index is 12.4. The largest absolute Gasteiger partial charge is 0.394 e. The summed E-state index contributed by atoms with van der Waals surface area (Å²) in [4.78, 5) is 18.0. The van der Waals surface area contributed by atoms with Crippen LogP contribution in [0.3, 0.4) is 0 Å². The molecule has 0 saturated carbocycles. The Kier molecular flexibility index (Phi) is 5.07. The number of pyridine rings is 1. The average Bonchev–Trinajstić information content (AvgIpc) is 2.52. The Morgan fingerprint density at radius 2 is 2.35 bits per heavy atom. The minimum absolute atomic E-state index is 0.136. The van der Waals surface area contributed by atoms with Gasteiger partial charge in [0.15, 0.2) is 0 Å². The standard InChI is InChI=1S/C14H16N2O4/c17-4-1-2-11-6-12(8-15-7-11)14(19)16-3-5-20-10-13(16)9-18/h6-8,13,17-18H,3-5,9-10H2. The lowest BCUT2D eigenvalue weighted by Crippen LogP contribution is -2.50. The predicted octanol–water partition coefficient (Wildman–Crippen LogP) is -0.741. The topological polar surface area (TPSA) is 82.9 Å². The first kappa shape index (κ1) is 14.5. The normalized spacial score (nSPS) is 18.3. The van der Waals surface area contributed by atoms with E-state index in [1.165, 1.54) is 12.4 Å². The second kappa shape index (κ2) is 7.01. The molecule has 1 aliphatic heterocycles. The fraction of sp³-hybridized carbons (Fsp3) is 0.429. The fourth-order valence-corrected chi connectivity index (χ4v) is 2.01. The van der Waals surface area contributed by atoms with Gasteiger partial charge in [-0.1, -0.05) is 11.8 Å². The molecular formula is C14H16N2O4. The molecule has 2 heterocycles. The van der Waals surface area contributed by atoms with Crippen LogP contribution in [0.2, 0.25) is 0 Å². The van der Waals surface area contributed by atoms with Crippen LogP contribution in [0.1, 0.15) is 15.9 Å². The van der Waals surface area contributed by atoms with Crippen LogP contribution in [-0.4, -0.2) is 65.0 Å². The molecule has 2 rings (SSSR count). The Bertz CT molecular complexity index is 535. The zero-order valence-electron chi connectivity index (χ0n) is 11.0. The van der Waals surface area contributed by atoms with Crippen molar-refractivity contribution in [3.05, 3.63) is 29.6 Å². The number of nitrogens with zero attached hydrogens (tertiary/aromatic N) is 2. The second-order valence-electron chi connectivity index (χ2n) is 4.33. The molecule has 0 radical (unpaired) electrons. The molecule has 1 fully saturated rings. The lowest BCUT2D eigenvalue weighted by atomic mass is 10.1. The molecule has 1 aromatic heterocycles. The van der Waals surface area contributed by atoms with Crippen LogP contribution < -0.4 is 0 Å². The van der Waals surface area contributed by atoms with Crippen molar-refractivity contribution in [3.63, 3.8) is 0 Å².